The summed E-state index contributed by atoms with van der Waals surface area (Å²) in [4.78, 5) is 73.3. The lowest BCUT2D eigenvalue weighted by Crippen LogP contribution is -2.37. The number of benzene rings is 2. The van der Waals surface area contributed by atoms with Crippen molar-refractivity contribution in [3.05, 3.63) is 94.7 Å². The molecule has 13 heteroatoms. The monoisotopic (exact) mass is 662 g/mol. The van der Waals surface area contributed by atoms with Crippen molar-refractivity contribution in [1.82, 2.24) is 19.9 Å². The van der Waals surface area contributed by atoms with Crippen molar-refractivity contribution in [1.29, 1.82) is 0 Å². The molecular weight excluding hydrogens is 628 g/mol. The Hall–Kier alpha value is -5.66. The second-order valence-corrected chi connectivity index (χ2v) is 13.7. The van der Waals surface area contributed by atoms with Gasteiger partial charge in [-0.25, -0.2) is 14.6 Å². The van der Waals surface area contributed by atoms with Crippen LogP contribution in [0, 0.1) is 5.92 Å². The van der Waals surface area contributed by atoms with Crippen LogP contribution in [0.25, 0.3) is 21.8 Å². The Morgan fingerprint density at radius 2 is 1.55 bits per heavy atom. The van der Waals surface area contributed by atoms with E-state index >= 15 is 0 Å². The number of carbonyl (C=O) groups excluding carboxylic acids is 4. The third kappa shape index (κ3) is 5.27. The summed E-state index contributed by atoms with van der Waals surface area (Å²) in [5.41, 5.74) is 4.82. The number of anilines is 2. The highest BCUT2D eigenvalue weighted by Gasteiger charge is 2.68. The van der Waals surface area contributed by atoms with E-state index in [1.54, 1.807) is 56.0 Å². The number of H-pyrrole nitrogens is 3. The minimum absolute atomic E-state index is 0.151. The summed E-state index contributed by atoms with van der Waals surface area (Å²) in [7, 11) is 1.45. The Balaban J connectivity index is 0.966. The van der Waals surface area contributed by atoms with Gasteiger partial charge in [0, 0.05) is 62.6 Å². The van der Waals surface area contributed by atoms with Gasteiger partial charge in [0.05, 0.1) is 12.8 Å². The van der Waals surface area contributed by atoms with Crippen molar-refractivity contribution in [2.75, 3.05) is 24.3 Å². The summed E-state index contributed by atoms with van der Waals surface area (Å²) < 4.78 is 5.60. The number of fused-ring (bicyclic) bond motifs is 3. The van der Waals surface area contributed by atoms with Crippen molar-refractivity contribution in [2.24, 2.45) is 5.92 Å². The van der Waals surface area contributed by atoms with Gasteiger partial charge in [-0.2, -0.15) is 0 Å². The molecule has 13 nitrogen and oxygen atoms in total. The van der Waals surface area contributed by atoms with E-state index in [-0.39, 0.29) is 29.9 Å². The number of hydrogen-bond acceptors (Lipinski definition) is 7. The summed E-state index contributed by atoms with van der Waals surface area (Å²) >= 11 is 0. The van der Waals surface area contributed by atoms with E-state index in [0.717, 1.165) is 39.5 Å². The average Bonchev–Trinajstić information content (AvgIpc) is 3.52. The molecule has 0 bridgehead atoms. The van der Waals surface area contributed by atoms with Crippen LogP contribution in [0.15, 0.2) is 66.4 Å². The van der Waals surface area contributed by atoms with Crippen LogP contribution >= 0.6 is 0 Å². The first-order valence-corrected chi connectivity index (χ1v) is 15.9. The number of nitrogens with one attached hydrogen (secondary N) is 5. The zero-order chi connectivity index (χ0) is 34.2. The number of rotatable bonds is 7. The Kier molecular flexibility index (Phi) is 6.84. The van der Waals surface area contributed by atoms with Crippen LogP contribution in [0.2, 0.25) is 0 Å². The number of nitrogens with zero attached hydrogens (tertiary/aromatic N) is 1. The number of likely N-dealkylation sites (tertiary alicyclic amines) is 1. The zero-order valence-corrected chi connectivity index (χ0v) is 27.3. The van der Waals surface area contributed by atoms with Gasteiger partial charge in [0.15, 0.2) is 0 Å². The van der Waals surface area contributed by atoms with Crippen LogP contribution in [0.3, 0.4) is 0 Å². The van der Waals surface area contributed by atoms with Crippen LogP contribution in [-0.4, -0.2) is 62.8 Å². The minimum atomic E-state index is -0.664. The highest BCUT2D eigenvalue weighted by Crippen LogP contribution is 2.66. The first-order chi connectivity index (χ1) is 23.4. The van der Waals surface area contributed by atoms with Gasteiger partial charge in [-0.05, 0) is 93.3 Å². The third-order valence-corrected chi connectivity index (χ3v) is 9.32. The molecule has 49 heavy (non-hydrogen) atoms. The van der Waals surface area contributed by atoms with E-state index in [0.29, 0.717) is 35.0 Å². The van der Waals surface area contributed by atoms with Crippen molar-refractivity contribution < 1.29 is 33.7 Å². The molecule has 1 saturated heterocycles. The highest BCUT2D eigenvalue weighted by molar-refractivity contribution is 6.11. The number of piperidine rings is 1. The van der Waals surface area contributed by atoms with E-state index in [1.807, 2.05) is 24.3 Å². The molecular formula is C36H34N6O7. The Bertz CT molecular complexity index is 2250. The summed E-state index contributed by atoms with van der Waals surface area (Å²) in [6, 6.07) is 16.2. The molecule has 5 N–H and O–H groups in total. The Morgan fingerprint density at radius 3 is 2.22 bits per heavy atom. The third-order valence-electron chi connectivity index (χ3n) is 9.32. The van der Waals surface area contributed by atoms with Crippen molar-refractivity contribution in [2.45, 2.75) is 44.8 Å². The van der Waals surface area contributed by atoms with Crippen LogP contribution < -0.4 is 10.6 Å². The van der Waals surface area contributed by atoms with Gasteiger partial charge in [0.2, 0.25) is 5.78 Å². The second kappa shape index (κ2) is 10.9. The van der Waals surface area contributed by atoms with Crippen LogP contribution in [0.5, 0.6) is 0 Å². The molecule has 0 radical (unpaired) electrons. The second-order valence-electron chi connectivity index (χ2n) is 13.7. The van der Waals surface area contributed by atoms with Gasteiger partial charge in [0.1, 0.15) is 23.6 Å². The maximum absolute atomic E-state index is 13.4. The Morgan fingerprint density at radius 1 is 0.898 bits per heavy atom. The number of aromatic nitrogens is 3. The predicted molar refractivity (Wildman–Crippen MR) is 180 cm³/mol. The first-order valence-electron chi connectivity index (χ1n) is 15.9. The van der Waals surface area contributed by atoms with E-state index in [9.17, 15) is 19.2 Å². The summed E-state index contributed by atoms with van der Waals surface area (Å²) in [6.07, 6.45) is 1.82. The molecule has 250 valence electrons. The smallest absolute Gasteiger partial charge is 0.414 e. The molecule has 1 saturated carbocycles. The number of carbonyl (C=O) groups is 4. The van der Waals surface area contributed by atoms with Gasteiger partial charge in [-0.3, -0.25) is 19.3 Å². The lowest BCUT2D eigenvalue weighted by molar-refractivity contribution is -0.282. The molecule has 2 aliphatic carbocycles. The fourth-order valence-corrected chi connectivity index (χ4v) is 7.11. The highest BCUT2D eigenvalue weighted by atomic mass is 17.2. The molecule has 2 fully saturated rings. The molecule has 2 aromatic carbocycles. The van der Waals surface area contributed by atoms with Gasteiger partial charge in [-0.15, -0.1) is 0 Å². The van der Waals surface area contributed by atoms with E-state index in [2.05, 4.69) is 30.5 Å². The topological polar surface area (TPSA) is 171 Å². The number of aromatic amines is 3. The van der Waals surface area contributed by atoms with Crippen LogP contribution in [-0.2, 0) is 26.5 Å². The largest absolute Gasteiger partial charge is 0.443 e. The maximum atomic E-state index is 13.4. The van der Waals surface area contributed by atoms with Crippen molar-refractivity contribution in [3.8, 4) is 0 Å². The predicted octanol–water partition coefficient (Wildman–Crippen LogP) is 6.15. The lowest BCUT2D eigenvalue weighted by atomic mass is 9.85. The molecule has 2 atom stereocenters. The van der Waals surface area contributed by atoms with Gasteiger partial charge >= 0.3 is 6.09 Å². The zero-order valence-electron chi connectivity index (χ0n) is 27.3. The van der Waals surface area contributed by atoms with Crippen LogP contribution in [0.1, 0.15) is 69.9 Å². The molecule has 3 aliphatic rings. The number of allylic oxidation sites excluding steroid dienone is 2. The summed E-state index contributed by atoms with van der Waals surface area (Å²) in [5, 5.41) is 7.48. The minimum Gasteiger partial charge on any atom is -0.443 e. The molecule has 1 spiro atoms. The Labute approximate surface area is 279 Å². The SMILES string of the molecule is COOCc1cc2cc(NC(=O)c3cc4cc(NC(=O)c5cc6c([nH]5)C(=O)C=C5N(C(=O)OC(C)(C)C)CC7CC567)ccc4[nH]3)ccc2[nH]1. The number of hydrogen-bond donors (Lipinski definition) is 5. The van der Waals surface area contributed by atoms with Gasteiger partial charge < -0.3 is 30.3 Å². The molecule has 8 rings (SSSR count). The van der Waals surface area contributed by atoms with E-state index in [4.69, 9.17) is 9.62 Å². The summed E-state index contributed by atoms with van der Waals surface area (Å²) in [6.45, 7) is 6.15. The fourth-order valence-electron chi connectivity index (χ4n) is 7.11. The summed E-state index contributed by atoms with van der Waals surface area (Å²) in [5.74, 6) is -0.865. The van der Waals surface area contributed by atoms with Crippen molar-refractivity contribution >= 4 is 56.9 Å². The number of amides is 3. The van der Waals surface area contributed by atoms with Crippen LogP contribution in [0.4, 0.5) is 16.2 Å². The standard InChI is InChI=1S/C36H34N6O7/c1-35(2,3)49-34(46)42-16-20-15-36(20)24-13-28(41-31(24)29(43)14-30(36)42)33(45)39-22-6-8-26-19(10-22)12-27(40-26)32(44)38-21-5-7-25-18(9-21)11-23(37-25)17-48-47-4/h5-14,20,37,40-41H,15-17H2,1-4H3,(H,38,44)(H,39,45). The lowest BCUT2D eigenvalue weighted by Gasteiger charge is -2.30. The van der Waals surface area contributed by atoms with Gasteiger partial charge in [-0.1, -0.05) is 0 Å². The van der Waals surface area contributed by atoms with Crippen molar-refractivity contribution in [3.63, 3.8) is 0 Å². The quantitative estimate of drug-likeness (QED) is 0.103. The van der Waals surface area contributed by atoms with Gasteiger partial charge in [0.25, 0.3) is 11.8 Å². The average molecular weight is 663 g/mol. The molecule has 2 unspecified atom stereocenters. The number of ketones is 1. The normalized spacial score (nSPS) is 19.3. The molecule has 3 amide bonds. The molecule has 3 aromatic heterocycles. The van der Waals surface area contributed by atoms with E-state index < -0.39 is 23.0 Å². The fraction of sp³-hybridized carbons (Fsp3) is 0.278. The molecule has 4 heterocycles. The molecule has 5 aromatic rings. The first kappa shape index (κ1) is 30.7. The molecule has 1 aliphatic heterocycles. The number of ether oxygens (including phenoxy) is 1. The van der Waals surface area contributed by atoms with E-state index in [1.165, 1.54) is 13.2 Å². The maximum Gasteiger partial charge on any atom is 0.414 e.